The van der Waals surface area contributed by atoms with E-state index < -0.39 is 6.04 Å². The van der Waals surface area contributed by atoms with Crippen LogP contribution in [0.4, 0.5) is 0 Å². The SMILES string of the molecule is C=C1CNC(C2=NCC(c3cccnn3)=C2)C(=O)N1. The zero-order chi connectivity index (χ0) is 13.2. The summed E-state index contributed by atoms with van der Waals surface area (Å²) in [5, 5.41) is 13.7. The van der Waals surface area contributed by atoms with Crippen molar-refractivity contribution in [1.82, 2.24) is 20.8 Å². The van der Waals surface area contributed by atoms with Gasteiger partial charge in [0, 0.05) is 24.0 Å². The van der Waals surface area contributed by atoms with E-state index in [1.165, 1.54) is 0 Å². The Morgan fingerprint density at radius 2 is 2.32 bits per heavy atom. The summed E-state index contributed by atoms with van der Waals surface area (Å²) in [4.78, 5) is 16.3. The number of hydrogen-bond acceptors (Lipinski definition) is 5. The van der Waals surface area contributed by atoms with Crippen molar-refractivity contribution in [3.05, 3.63) is 42.4 Å². The van der Waals surface area contributed by atoms with Crippen LogP contribution >= 0.6 is 0 Å². The molecule has 1 fully saturated rings. The molecule has 1 amide bonds. The van der Waals surface area contributed by atoms with Gasteiger partial charge in [-0.2, -0.15) is 10.2 Å². The van der Waals surface area contributed by atoms with Crippen LogP contribution in [0.2, 0.25) is 0 Å². The maximum atomic E-state index is 11.9. The summed E-state index contributed by atoms with van der Waals surface area (Å²) in [6, 6.07) is 3.30. The number of piperazine rings is 1. The number of aliphatic imine (C=N–C) groups is 1. The summed E-state index contributed by atoms with van der Waals surface area (Å²) in [6.07, 6.45) is 3.53. The first-order valence-electron chi connectivity index (χ1n) is 5.99. The summed E-state index contributed by atoms with van der Waals surface area (Å²) in [5.74, 6) is -0.119. The van der Waals surface area contributed by atoms with E-state index in [2.05, 4.69) is 32.4 Å². The van der Waals surface area contributed by atoms with Gasteiger partial charge >= 0.3 is 0 Å². The standard InChI is InChI=1S/C13H13N5O/c1-8-6-15-12(13(19)17-8)11-5-9(7-14-11)10-3-2-4-16-18-10/h2-5,12,15H,1,6-7H2,(H,17,19). The van der Waals surface area contributed by atoms with E-state index in [-0.39, 0.29) is 5.91 Å². The van der Waals surface area contributed by atoms with Crippen molar-refractivity contribution in [2.75, 3.05) is 13.1 Å². The molecule has 0 saturated carbocycles. The van der Waals surface area contributed by atoms with Gasteiger partial charge in [-0.05, 0) is 18.2 Å². The third kappa shape index (κ3) is 2.30. The topological polar surface area (TPSA) is 79.3 Å². The first-order valence-corrected chi connectivity index (χ1v) is 5.99. The molecule has 1 unspecified atom stereocenters. The van der Waals surface area contributed by atoms with Gasteiger partial charge in [-0.1, -0.05) is 6.58 Å². The molecule has 1 aromatic heterocycles. The number of hydrogen-bond donors (Lipinski definition) is 2. The molecule has 3 rings (SSSR count). The van der Waals surface area contributed by atoms with Crippen LogP contribution in [-0.2, 0) is 4.79 Å². The molecule has 0 spiro atoms. The van der Waals surface area contributed by atoms with Gasteiger partial charge in [0.25, 0.3) is 0 Å². The monoisotopic (exact) mass is 255 g/mol. The van der Waals surface area contributed by atoms with Crippen LogP contribution in [0.1, 0.15) is 5.69 Å². The number of carbonyl (C=O) groups is 1. The van der Waals surface area contributed by atoms with Crippen LogP contribution in [0.15, 0.2) is 41.7 Å². The highest BCUT2D eigenvalue weighted by Gasteiger charge is 2.29. The zero-order valence-corrected chi connectivity index (χ0v) is 10.3. The molecular weight excluding hydrogens is 242 g/mol. The Labute approximate surface area is 110 Å². The first-order chi connectivity index (χ1) is 9.24. The Hall–Kier alpha value is -2.34. The van der Waals surface area contributed by atoms with Crippen LogP contribution in [0.5, 0.6) is 0 Å². The van der Waals surface area contributed by atoms with E-state index in [0.29, 0.717) is 18.8 Å². The van der Waals surface area contributed by atoms with Crippen LogP contribution in [0.3, 0.4) is 0 Å². The molecule has 6 nitrogen and oxygen atoms in total. The summed E-state index contributed by atoms with van der Waals surface area (Å²) in [7, 11) is 0. The second-order valence-electron chi connectivity index (χ2n) is 4.43. The molecule has 1 aromatic rings. The highest BCUT2D eigenvalue weighted by Crippen LogP contribution is 2.18. The van der Waals surface area contributed by atoms with Gasteiger partial charge in [0.05, 0.1) is 18.0 Å². The lowest BCUT2D eigenvalue weighted by molar-refractivity contribution is -0.121. The summed E-state index contributed by atoms with van der Waals surface area (Å²) in [5.41, 5.74) is 3.17. The minimum atomic E-state index is -0.417. The molecule has 1 saturated heterocycles. The molecule has 96 valence electrons. The predicted molar refractivity (Wildman–Crippen MR) is 71.4 cm³/mol. The quantitative estimate of drug-likeness (QED) is 0.774. The molecule has 0 radical (unpaired) electrons. The number of rotatable bonds is 2. The van der Waals surface area contributed by atoms with Crippen LogP contribution in [0, 0.1) is 0 Å². The average molecular weight is 255 g/mol. The Morgan fingerprint density at radius 3 is 3.05 bits per heavy atom. The van der Waals surface area contributed by atoms with Gasteiger partial charge < -0.3 is 5.32 Å². The van der Waals surface area contributed by atoms with Gasteiger partial charge in [0.15, 0.2) is 0 Å². The van der Waals surface area contributed by atoms with Gasteiger partial charge in [-0.15, -0.1) is 0 Å². The van der Waals surface area contributed by atoms with Gasteiger partial charge in [-0.25, -0.2) is 0 Å². The van der Waals surface area contributed by atoms with Crippen LogP contribution in [-0.4, -0.2) is 40.9 Å². The molecule has 2 aliphatic heterocycles. The lowest BCUT2D eigenvalue weighted by atomic mass is 10.1. The molecule has 0 aliphatic carbocycles. The van der Waals surface area contributed by atoms with E-state index in [1.807, 2.05) is 18.2 Å². The van der Waals surface area contributed by atoms with Gasteiger partial charge in [0.2, 0.25) is 5.91 Å². The van der Waals surface area contributed by atoms with Crippen molar-refractivity contribution in [2.45, 2.75) is 6.04 Å². The summed E-state index contributed by atoms with van der Waals surface area (Å²) < 4.78 is 0. The maximum absolute atomic E-state index is 11.9. The van der Waals surface area contributed by atoms with Crippen molar-refractivity contribution in [3.63, 3.8) is 0 Å². The fourth-order valence-electron chi connectivity index (χ4n) is 2.10. The lowest BCUT2D eigenvalue weighted by Crippen LogP contribution is -2.54. The third-order valence-electron chi connectivity index (χ3n) is 3.03. The zero-order valence-electron chi connectivity index (χ0n) is 10.3. The number of amides is 1. The van der Waals surface area contributed by atoms with E-state index >= 15 is 0 Å². The predicted octanol–water partition coefficient (Wildman–Crippen LogP) is -0.0837. The van der Waals surface area contributed by atoms with Crippen molar-refractivity contribution in [1.29, 1.82) is 0 Å². The second kappa shape index (κ2) is 4.74. The molecule has 1 atom stereocenters. The van der Waals surface area contributed by atoms with Crippen LogP contribution < -0.4 is 10.6 Å². The maximum Gasteiger partial charge on any atom is 0.247 e. The Morgan fingerprint density at radius 1 is 1.42 bits per heavy atom. The molecular formula is C13H13N5O. The molecule has 0 bridgehead atoms. The number of carbonyl (C=O) groups excluding carboxylic acids is 1. The largest absolute Gasteiger partial charge is 0.327 e. The minimum absolute atomic E-state index is 0.119. The Bertz CT molecular complexity index is 590. The van der Waals surface area contributed by atoms with E-state index in [9.17, 15) is 4.79 Å². The molecule has 2 N–H and O–H groups in total. The fraction of sp³-hybridized carbons (Fsp3) is 0.231. The van der Waals surface area contributed by atoms with Crippen LogP contribution in [0.25, 0.3) is 5.57 Å². The van der Waals surface area contributed by atoms with E-state index in [1.54, 1.807) is 6.20 Å². The van der Waals surface area contributed by atoms with E-state index in [4.69, 9.17) is 0 Å². The fourth-order valence-corrected chi connectivity index (χ4v) is 2.10. The summed E-state index contributed by atoms with van der Waals surface area (Å²) in [6.45, 7) is 4.81. The van der Waals surface area contributed by atoms with Crippen molar-refractivity contribution in [2.24, 2.45) is 4.99 Å². The molecule has 0 aromatic carbocycles. The Balaban J connectivity index is 1.79. The molecule has 3 heterocycles. The normalized spacial score (nSPS) is 22.8. The van der Waals surface area contributed by atoms with E-state index in [0.717, 1.165) is 17.0 Å². The average Bonchev–Trinajstić information content (AvgIpc) is 2.89. The van der Waals surface area contributed by atoms with Gasteiger partial charge in [0.1, 0.15) is 6.04 Å². The number of nitrogens with zero attached hydrogens (tertiary/aromatic N) is 3. The first kappa shape index (κ1) is 11.7. The third-order valence-corrected chi connectivity index (χ3v) is 3.03. The van der Waals surface area contributed by atoms with Crippen molar-refractivity contribution >= 4 is 17.2 Å². The molecule has 2 aliphatic rings. The highest BCUT2D eigenvalue weighted by atomic mass is 16.2. The van der Waals surface area contributed by atoms with Crippen molar-refractivity contribution in [3.8, 4) is 0 Å². The lowest BCUT2D eigenvalue weighted by Gasteiger charge is -2.24. The summed E-state index contributed by atoms with van der Waals surface area (Å²) >= 11 is 0. The minimum Gasteiger partial charge on any atom is -0.327 e. The molecule has 19 heavy (non-hydrogen) atoms. The second-order valence-corrected chi connectivity index (χ2v) is 4.43. The van der Waals surface area contributed by atoms with Crippen molar-refractivity contribution < 1.29 is 4.79 Å². The Kier molecular flexibility index (Phi) is 2.92. The number of aromatic nitrogens is 2. The highest BCUT2D eigenvalue weighted by molar-refractivity contribution is 6.18. The molecule has 6 heteroatoms. The number of nitrogens with one attached hydrogen (secondary N) is 2. The smallest absolute Gasteiger partial charge is 0.247 e. The van der Waals surface area contributed by atoms with Gasteiger partial charge in [-0.3, -0.25) is 15.1 Å².